The number of anilines is 3. The number of nitrogens with one attached hydrogen (secondary N) is 1. The summed E-state index contributed by atoms with van der Waals surface area (Å²) < 4.78 is 0. The van der Waals surface area contributed by atoms with Gasteiger partial charge in [0.1, 0.15) is 6.33 Å². The lowest BCUT2D eigenvalue weighted by Crippen LogP contribution is -2.21. The van der Waals surface area contributed by atoms with E-state index in [1.165, 1.54) is 6.33 Å². The average molecular weight is 336 g/mol. The minimum absolute atomic E-state index is 0.144. The van der Waals surface area contributed by atoms with Crippen molar-refractivity contribution >= 4 is 34.6 Å². The summed E-state index contributed by atoms with van der Waals surface area (Å²) in [6, 6.07) is 6.92. The normalized spacial score (nSPS) is 10.4. The van der Waals surface area contributed by atoms with Gasteiger partial charge in [0.15, 0.2) is 0 Å². The van der Waals surface area contributed by atoms with Gasteiger partial charge in [-0.3, -0.25) is 10.1 Å². The van der Waals surface area contributed by atoms with Gasteiger partial charge in [-0.2, -0.15) is 0 Å². The van der Waals surface area contributed by atoms with Crippen molar-refractivity contribution in [3.05, 3.63) is 45.7 Å². The fourth-order valence-electron chi connectivity index (χ4n) is 2.11. The molecule has 1 heterocycles. The molecule has 0 aliphatic carbocycles. The molecule has 0 spiro atoms. The van der Waals surface area contributed by atoms with Crippen LogP contribution in [-0.4, -0.2) is 28.5 Å². The Morgan fingerprint density at radius 2 is 2.17 bits per heavy atom. The Labute approximate surface area is 139 Å². The summed E-state index contributed by atoms with van der Waals surface area (Å²) >= 11 is 5.94. The third-order valence-corrected chi connectivity index (χ3v) is 3.52. The third-order valence-electron chi connectivity index (χ3n) is 3.28. The van der Waals surface area contributed by atoms with Gasteiger partial charge < -0.3 is 10.2 Å². The molecule has 1 aromatic heterocycles. The molecule has 2 rings (SSSR count). The summed E-state index contributed by atoms with van der Waals surface area (Å²) in [6.07, 6.45) is 3.24. The summed E-state index contributed by atoms with van der Waals surface area (Å²) in [5.74, 6) is 0.439. The highest BCUT2D eigenvalue weighted by molar-refractivity contribution is 6.30. The highest BCUT2D eigenvalue weighted by atomic mass is 35.5. The maximum absolute atomic E-state index is 11.5. The van der Waals surface area contributed by atoms with Crippen LogP contribution in [0, 0.1) is 10.1 Å². The lowest BCUT2D eigenvalue weighted by molar-refractivity contribution is -0.383. The molecule has 122 valence electrons. The van der Waals surface area contributed by atoms with Crippen LogP contribution in [0.15, 0.2) is 30.6 Å². The lowest BCUT2D eigenvalue weighted by atomic mass is 10.3. The number of hydrogen-bond acceptors (Lipinski definition) is 6. The summed E-state index contributed by atoms with van der Waals surface area (Å²) in [5, 5.41) is 15.0. The topological polar surface area (TPSA) is 84.2 Å². The number of aromatic nitrogens is 2. The molecule has 0 saturated heterocycles. The summed E-state index contributed by atoms with van der Waals surface area (Å²) in [5.41, 5.74) is 0.479. The first-order valence-corrected chi connectivity index (χ1v) is 7.63. The fourth-order valence-corrected chi connectivity index (χ4v) is 2.30. The summed E-state index contributed by atoms with van der Waals surface area (Å²) in [7, 11) is 1.79. The molecule has 0 fully saturated rings. The Kier molecular flexibility index (Phi) is 5.70. The number of unbranched alkanes of at least 4 members (excludes halogenated alkanes) is 1. The molecule has 0 bridgehead atoms. The minimum atomic E-state index is -0.468. The van der Waals surface area contributed by atoms with Crippen LogP contribution in [0.25, 0.3) is 0 Å². The smallest absolute Gasteiger partial charge is 0.353 e. The first kappa shape index (κ1) is 17.0. The van der Waals surface area contributed by atoms with E-state index >= 15 is 0 Å². The lowest BCUT2D eigenvalue weighted by Gasteiger charge is -2.18. The van der Waals surface area contributed by atoms with Gasteiger partial charge in [0.05, 0.1) is 4.92 Å². The largest absolute Gasteiger partial charge is 0.354 e. The Bertz CT molecular complexity index is 695. The zero-order valence-corrected chi connectivity index (χ0v) is 13.7. The monoisotopic (exact) mass is 335 g/mol. The van der Waals surface area contributed by atoms with Crippen molar-refractivity contribution in [3.63, 3.8) is 0 Å². The van der Waals surface area contributed by atoms with Crippen LogP contribution >= 0.6 is 11.6 Å². The molecule has 0 radical (unpaired) electrons. The van der Waals surface area contributed by atoms with Crippen LogP contribution in [0.1, 0.15) is 19.8 Å². The predicted octanol–water partition coefficient (Wildman–Crippen LogP) is 4.02. The van der Waals surface area contributed by atoms with Crippen LogP contribution in [0.5, 0.6) is 0 Å². The summed E-state index contributed by atoms with van der Waals surface area (Å²) in [6.45, 7) is 2.75. The van der Waals surface area contributed by atoms with Gasteiger partial charge in [-0.05, 0) is 24.6 Å². The van der Waals surface area contributed by atoms with Gasteiger partial charge >= 0.3 is 5.69 Å². The average Bonchev–Trinajstić information content (AvgIpc) is 2.52. The molecule has 0 saturated carbocycles. The van der Waals surface area contributed by atoms with Crippen molar-refractivity contribution < 1.29 is 4.92 Å². The minimum Gasteiger partial charge on any atom is -0.354 e. The van der Waals surface area contributed by atoms with Gasteiger partial charge in [-0.1, -0.05) is 31.0 Å². The second kappa shape index (κ2) is 7.73. The molecule has 1 N–H and O–H groups in total. The van der Waals surface area contributed by atoms with Crippen molar-refractivity contribution in [3.8, 4) is 0 Å². The van der Waals surface area contributed by atoms with E-state index in [-0.39, 0.29) is 11.5 Å². The zero-order valence-electron chi connectivity index (χ0n) is 13.0. The van der Waals surface area contributed by atoms with E-state index in [2.05, 4.69) is 22.2 Å². The van der Waals surface area contributed by atoms with E-state index in [0.29, 0.717) is 23.1 Å². The number of nitro groups is 1. The van der Waals surface area contributed by atoms with Crippen molar-refractivity contribution in [2.75, 3.05) is 23.8 Å². The maximum Gasteiger partial charge on any atom is 0.353 e. The second-order valence-electron chi connectivity index (χ2n) is 5.06. The van der Waals surface area contributed by atoms with Crippen LogP contribution in [0.3, 0.4) is 0 Å². The van der Waals surface area contributed by atoms with E-state index in [0.717, 1.165) is 12.8 Å². The van der Waals surface area contributed by atoms with Crippen molar-refractivity contribution in [1.82, 2.24) is 9.97 Å². The molecular formula is C15H18ClN5O2. The van der Waals surface area contributed by atoms with Crippen LogP contribution in [0.4, 0.5) is 23.0 Å². The summed E-state index contributed by atoms with van der Waals surface area (Å²) in [4.78, 5) is 20.9. The Balaban J connectivity index is 2.37. The van der Waals surface area contributed by atoms with Crippen LogP contribution < -0.4 is 10.2 Å². The van der Waals surface area contributed by atoms with Gasteiger partial charge in [-0.15, -0.1) is 0 Å². The molecule has 0 aliphatic rings. The van der Waals surface area contributed by atoms with Crippen molar-refractivity contribution in [1.29, 1.82) is 0 Å². The van der Waals surface area contributed by atoms with E-state index < -0.39 is 4.92 Å². The van der Waals surface area contributed by atoms with Gasteiger partial charge in [0, 0.05) is 24.3 Å². The van der Waals surface area contributed by atoms with Crippen LogP contribution in [-0.2, 0) is 0 Å². The van der Waals surface area contributed by atoms with Gasteiger partial charge in [0.2, 0.25) is 11.6 Å². The molecule has 0 amide bonds. The SMILES string of the molecule is CCCCN(C)c1ncnc(Nc2cccc(Cl)c2)c1[N+](=O)[O-]. The van der Waals surface area contributed by atoms with E-state index in [1.54, 1.807) is 36.2 Å². The molecule has 0 aliphatic heterocycles. The van der Waals surface area contributed by atoms with Crippen molar-refractivity contribution in [2.24, 2.45) is 0 Å². The van der Waals surface area contributed by atoms with E-state index in [1.807, 2.05) is 0 Å². The molecular weight excluding hydrogens is 318 g/mol. The Hall–Kier alpha value is -2.41. The highest BCUT2D eigenvalue weighted by Crippen LogP contribution is 2.33. The molecule has 2 aromatic rings. The first-order chi connectivity index (χ1) is 11.0. The molecule has 1 aromatic carbocycles. The van der Waals surface area contributed by atoms with Gasteiger partial charge in [0.25, 0.3) is 0 Å². The van der Waals surface area contributed by atoms with E-state index in [9.17, 15) is 10.1 Å². The molecule has 0 unspecified atom stereocenters. The molecule has 23 heavy (non-hydrogen) atoms. The molecule has 7 nitrogen and oxygen atoms in total. The fraction of sp³-hybridized carbons (Fsp3) is 0.333. The van der Waals surface area contributed by atoms with E-state index in [4.69, 9.17) is 11.6 Å². The molecule has 8 heteroatoms. The predicted molar refractivity (Wildman–Crippen MR) is 91.6 cm³/mol. The highest BCUT2D eigenvalue weighted by Gasteiger charge is 2.25. The molecule has 0 atom stereocenters. The van der Waals surface area contributed by atoms with Crippen LogP contribution in [0.2, 0.25) is 5.02 Å². The number of rotatable bonds is 7. The Morgan fingerprint density at radius 3 is 2.83 bits per heavy atom. The number of nitrogens with zero attached hydrogens (tertiary/aromatic N) is 4. The van der Waals surface area contributed by atoms with Crippen molar-refractivity contribution in [2.45, 2.75) is 19.8 Å². The second-order valence-corrected chi connectivity index (χ2v) is 5.50. The van der Waals surface area contributed by atoms with Gasteiger partial charge in [-0.25, -0.2) is 9.97 Å². The standard InChI is InChI=1S/C15H18ClN5O2/c1-3-4-8-20(2)15-13(21(22)23)14(17-10-18-15)19-12-7-5-6-11(16)9-12/h5-7,9-10H,3-4,8H2,1-2H3,(H,17,18,19). The zero-order chi connectivity index (χ0) is 16.8. The quantitative estimate of drug-likeness (QED) is 0.607. The number of hydrogen-bond donors (Lipinski definition) is 1. The number of benzene rings is 1. The first-order valence-electron chi connectivity index (χ1n) is 7.26. The number of halogens is 1. The Morgan fingerprint density at radius 1 is 1.39 bits per heavy atom. The third kappa shape index (κ3) is 4.29. The maximum atomic E-state index is 11.5.